The first-order valence-electron chi connectivity index (χ1n) is 5.91. The molecule has 0 atom stereocenters. The lowest BCUT2D eigenvalue weighted by Crippen LogP contribution is -2.04. The normalized spacial score (nSPS) is 11.4. The summed E-state index contributed by atoms with van der Waals surface area (Å²) < 4.78 is 43.2. The van der Waals surface area contributed by atoms with Crippen LogP contribution < -0.4 is 10.5 Å². The van der Waals surface area contributed by atoms with Crippen LogP contribution in [0.4, 0.5) is 13.2 Å². The smallest absolute Gasteiger partial charge is 0.416 e. The van der Waals surface area contributed by atoms with E-state index in [-0.39, 0.29) is 11.6 Å². The summed E-state index contributed by atoms with van der Waals surface area (Å²) in [5.74, 6) is 0.311. The van der Waals surface area contributed by atoms with Crippen molar-refractivity contribution in [3.05, 3.63) is 53.2 Å². The van der Waals surface area contributed by atoms with E-state index in [2.05, 4.69) is 4.98 Å². The number of pyridine rings is 1. The number of aryl methyl sites for hydroxylation is 1. The van der Waals surface area contributed by atoms with E-state index in [0.717, 1.165) is 17.7 Å². The molecule has 20 heavy (non-hydrogen) atoms. The fourth-order valence-electron chi connectivity index (χ4n) is 1.73. The summed E-state index contributed by atoms with van der Waals surface area (Å²) in [6.07, 6.45) is -4.40. The van der Waals surface area contributed by atoms with E-state index in [1.54, 1.807) is 19.1 Å². The summed E-state index contributed by atoms with van der Waals surface area (Å²) >= 11 is 0. The average molecular weight is 282 g/mol. The van der Waals surface area contributed by atoms with Gasteiger partial charge in [-0.3, -0.25) is 0 Å². The van der Waals surface area contributed by atoms with Crippen molar-refractivity contribution < 1.29 is 17.9 Å². The Morgan fingerprint density at radius 3 is 2.60 bits per heavy atom. The number of alkyl halides is 3. The predicted octanol–water partition coefficient (Wildman–Crippen LogP) is 3.66. The molecule has 0 spiro atoms. The number of halogens is 3. The second-order valence-electron chi connectivity index (χ2n) is 4.29. The maximum atomic E-state index is 12.6. The predicted molar refractivity (Wildman–Crippen MR) is 68.4 cm³/mol. The fourth-order valence-corrected chi connectivity index (χ4v) is 1.73. The minimum Gasteiger partial charge on any atom is -0.439 e. The van der Waals surface area contributed by atoms with Crippen molar-refractivity contribution in [2.45, 2.75) is 19.6 Å². The molecule has 0 saturated carbocycles. The van der Waals surface area contributed by atoms with Gasteiger partial charge in [-0.25, -0.2) is 4.98 Å². The van der Waals surface area contributed by atoms with E-state index in [9.17, 15) is 13.2 Å². The first-order valence-corrected chi connectivity index (χ1v) is 5.91. The Labute approximate surface area is 114 Å². The van der Waals surface area contributed by atoms with E-state index in [1.165, 1.54) is 12.1 Å². The highest BCUT2D eigenvalue weighted by atomic mass is 19.4. The third-order valence-electron chi connectivity index (χ3n) is 2.61. The molecular weight excluding hydrogens is 269 g/mol. The molecule has 0 amide bonds. The standard InChI is InChI=1S/C14H13F3N2O/c1-9-5-10(8-18)6-13(19-9)20-12-4-2-3-11(7-12)14(15,16)17/h2-7H,8,18H2,1H3. The van der Waals surface area contributed by atoms with E-state index in [1.807, 2.05) is 0 Å². The van der Waals surface area contributed by atoms with Gasteiger partial charge in [0.2, 0.25) is 5.88 Å². The molecule has 0 saturated heterocycles. The highest BCUT2D eigenvalue weighted by Crippen LogP contribution is 2.32. The van der Waals surface area contributed by atoms with Gasteiger partial charge in [0, 0.05) is 18.3 Å². The Bertz CT molecular complexity index is 612. The van der Waals surface area contributed by atoms with Crippen molar-refractivity contribution in [2.24, 2.45) is 5.73 Å². The zero-order chi connectivity index (χ0) is 14.8. The molecule has 1 aromatic carbocycles. The summed E-state index contributed by atoms with van der Waals surface area (Å²) in [6.45, 7) is 2.07. The minimum atomic E-state index is -4.40. The van der Waals surface area contributed by atoms with Gasteiger partial charge in [0.05, 0.1) is 5.56 Å². The molecule has 0 unspecified atom stereocenters. The van der Waals surface area contributed by atoms with Crippen molar-refractivity contribution in [2.75, 3.05) is 0 Å². The van der Waals surface area contributed by atoms with Crippen LogP contribution in [0.2, 0.25) is 0 Å². The second kappa shape index (κ2) is 5.50. The number of ether oxygens (including phenoxy) is 1. The van der Waals surface area contributed by atoms with Gasteiger partial charge in [-0.15, -0.1) is 0 Å². The van der Waals surface area contributed by atoms with Crippen LogP contribution in [0.25, 0.3) is 0 Å². The molecule has 0 aliphatic rings. The van der Waals surface area contributed by atoms with E-state index in [0.29, 0.717) is 12.2 Å². The van der Waals surface area contributed by atoms with Gasteiger partial charge in [-0.2, -0.15) is 13.2 Å². The molecule has 6 heteroatoms. The monoisotopic (exact) mass is 282 g/mol. The van der Waals surface area contributed by atoms with Crippen molar-refractivity contribution in [1.29, 1.82) is 0 Å². The maximum absolute atomic E-state index is 12.6. The van der Waals surface area contributed by atoms with Gasteiger partial charge in [0.25, 0.3) is 0 Å². The number of nitrogens with zero attached hydrogens (tertiary/aromatic N) is 1. The minimum absolute atomic E-state index is 0.0842. The summed E-state index contributed by atoms with van der Waals surface area (Å²) in [7, 11) is 0. The third-order valence-corrected chi connectivity index (χ3v) is 2.61. The number of aromatic nitrogens is 1. The lowest BCUT2D eigenvalue weighted by Gasteiger charge is -2.10. The van der Waals surface area contributed by atoms with E-state index >= 15 is 0 Å². The lowest BCUT2D eigenvalue weighted by atomic mass is 10.2. The average Bonchev–Trinajstić information content (AvgIpc) is 2.37. The van der Waals surface area contributed by atoms with Crippen LogP contribution in [-0.2, 0) is 12.7 Å². The molecule has 0 radical (unpaired) electrons. The highest BCUT2D eigenvalue weighted by Gasteiger charge is 2.30. The molecule has 0 bridgehead atoms. The van der Waals surface area contributed by atoms with Crippen molar-refractivity contribution >= 4 is 0 Å². The van der Waals surface area contributed by atoms with Gasteiger partial charge < -0.3 is 10.5 Å². The molecule has 1 aromatic heterocycles. The topological polar surface area (TPSA) is 48.1 Å². The third kappa shape index (κ3) is 3.48. The molecule has 2 aromatic rings. The quantitative estimate of drug-likeness (QED) is 0.934. The van der Waals surface area contributed by atoms with Crippen LogP contribution in [0.3, 0.4) is 0 Å². The first kappa shape index (κ1) is 14.3. The Kier molecular flexibility index (Phi) is 3.94. The van der Waals surface area contributed by atoms with Gasteiger partial charge in [0.1, 0.15) is 5.75 Å². The zero-order valence-electron chi connectivity index (χ0n) is 10.7. The molecule has 0 fully saturated rings. The SMILES string of the molecule is Cc1cc(CN)cc(Oc2cccc(C(F)(F)F)c2)n1. The Morgan fingerprint density at radius 1 is 1.20 bits per heavy atom. The molecule has 106 valence electrons. The van der Waals surface area contributed by atoms with Crippen LogP contribution in [0.15, 0.2) is 36.4 Å². The van der Waals surface area contributed by atoms with Crippen LogP contribution in [0.5, 0.6) is 11.6 Å². The first-order chi connectivity index (χ1) is 9.38. The van der Waals surface area contributed by atoms with Gasteiger partial charge in [-0.05, 0) is 36.8 Å². The summed E-state index contributed by atoms with van der Waals surface area (Å²) in [5.41, 5.74) is 6.26. The van der Waals surface area contributed by atoms with Crippen LogP contribution in [0, 0.1) is 6.92 Å². The molecule has 0 aliphatic heterocycles. The van der Waals surface area contributed by atoms with Crippen LogP contribution in [0.1, 0.15) is 16.8 Å². The van der Waals surface area contributed by atoms with Crippen molar-refractivity contribution in [3.8, 4) is 11.6 Å². The Balaban J connectivity index is 2.28. The van der Waals surface area contributed by atoms with Crippen molar-refractivity contribution in [1.82, 2.24) is 4.98 Å². The molecular formula is C14H13F3N2O. The van der Waals surface area contributed by atoms with Crippen LogP contribution in [-0.4, -0.2) is 4.98 Å². The highest BCUT2D eigenvalue weighted by molar-refractivity contribution is 5.34. The molecule has 2 rings (SSSR count). The van der Waals surface area contributed by atoms with Gasteiger partial charge in [0.15, 0.2) is 0 Å². The number of rotatable bonds is 3. The molecule has 1 heterocycles. The van der Waals surface area contributed by atoms with Gasteiger partial charge in [-0.1, -0.05) is 6.07 Å². The fraction of sp³-hybridized carbons (Fsp3) is 0.214. The van der Waals surface area contributed by atoms with Crippen LogP contribution >= 0.6 is 0 Å². The van der Waals surface area contributed by atoms with Gasteiger partial charge >= 0.3 is 6.18 Å². The molecule has 0 aliphatic carbocycles. The van der Waals surface area contributed by atoms with E-state index < -0.39 is 11.7 Å². The summed E-state index contributed by atoms with van der Waals surface area (Å²) in [4.78, 5) is 4.11. The Hall–Kier alpha value is -2.08. The molecule has 3 nitrogen and oxygen atoms in total. The number of nitrogens with two attached hydrogens (primary N) is 1. The van der Waals surface area contributed by atoms with E-state index in [4.69, 9.17) is 10.5 Å². The summed E-state index contributed by atoms with van der Waals surface area (Å²) in [5, 5.41) is 0. The largest absolute Gasteiger partial charge is 0.439 e. The second-order valence-corrected chi connectivity index (χ2v) is 4.29. The summed E-state index contributed by atoms with van der Waals surface area (Å²) in [6, 6.07) is 8.05. The zero-order valence-corrected chi connectivity index (χ0v) is 10.7. The number of hydrogen-bond acceptors (Lipinski definition) is 3. The van der Waals surface area contributed by atoms with Crippen molar-refractivity contribution in [3.63, 3.8) is 0 Å². The number of hydrogen-bond donors (Lipinski definition) is 1. The Morgan fingerprint density at radius 2 is 1.95 bits per heavy atom. The molecule has 2 N–H and O–H groups in total. The lowest BCUT2D eigenvalue weighted by molar-refractivity contribution is -0.137. The maximum Gasteiger partial charge on any atom is 0.416 e. The number of benzene rings is 1.